The van der Waals surface area contributed by atoms with Gasteiger partial charge < -0.3 is 5.73 Å². The molecule has 1 heterocycles. The Morgan fingerprint density at radius 2 is 1.88 bits per heavy atom. The molecular weight excluding hydrogens is 234 g/mol. The molecule has 3 heteroatoms. The lowest BCUT2D eigenvalue weighted by molar-refractivity contribution is 0.347. The Labute approximate surface area is 110 Å². The van der Waals surface area contributed by atoms with Gasteiger partial charge in [0.15, 0.2) is 0 Å². The molecule has 0 radical (unpaired) electrons. The summed E-state index contributed by atoms with van der Waals surface area (Å²) in [5.74, 6) is 1.24. The Balaban J connectivity index is 2.34. The zero-order chi connectivity index (χ0) is 12.3. The van der Waals surface area contributed by atoms with Gasteiger partial charge in [-0.25, -0.2) is 0 Å². The van der Waals surface area contributed by atoms with Crippen molar-refractivity contribution in [2.75, 3.05) is 5.75 Å². The van der Waals surface area contributed by atoms with Gasteiger partial charge in [-0.05, 0) is 18.3 Å². The maximum atomic E-state index is 6.33. The molecule has 0 aromatic rings. The van der Waals surface area contributed by atoms with Crippen LogP contribution in [-0.4, -0.2) is 27.5 Å². The van der Waals surface area contributed by atoms with Crippen molar-refractivity contribution < 1.29 is 0 Å². The lowest BCUT2D eigenvalue weighted by atomic mass is 9.88. The number of hydrogen-bond donors (Lipinski definition) is 1. The molecule has 1 aliphatic rings. The van der Waals surface area contributed by atoms with Crippen LogP contribution in [0.15, 0.2) is 0 Å². The fourth-order valence-corrected chi connectivity index (χ4v) is 4.92. The predicted molar refractivity (Wildman–Crippen MR) is 79.4 cm³/mol. The minimum Gasteiger partial charge on any atom is -0.327 e. The van der Waals surface area contributed by atoms with Gasteiger partial charge in [-0.2, -0.15) is 23.5 Å². The quantitative estimate of drug-likeness (QED) is 0.837. The average Bonchev–Trinajstić information content (AvgIpc) is 2.17. The Bertz CT molecular complexity index is 212. The second-order valence-corrected chi connectivity index (χ2v) is 9.21. The summed E-state index contributed by atoms with van der Waals surface area (Å²) in [6, 6.07) is 0.381. The minimum absolute atomic E-state index is 0.381. The fourth-order valence-electron chi connectivity index (χ4n) is 1.82. The van der Waals surface area contributed by atoms with Crippen LogP contribution in [0, 0.1) is 5.41 Å². The summed E-state index contributed by atoms with van der Waals surface area (Å²) < 4.78 is 0. The van der Waals surface area contributed by atoms with E-state index in [9.17, 15) is 0 Å². The Morgan fingerprint density at radius 3 is 2.38 bits per heavy atom. The van der Waals surface area contributed by atoms with Crippen LogP contribution in [0.2, 0.25) is 0 Å². The average molecular weight is 262 g/mol. The fraction of sp³-hybridized carbons (Fsp3) is 1.00. The third-order valence-corrected chi connectivity index (χ3v) is 6.85. The highest BCUT2D eigenvalue weighted by Gasteiger charge is 2.29. The summed E-state index contributed by atoms with van der Waals surface area (Å²) in [6.45, 7) is 11.6. The first-order valence-electron chi connectivity index (χ1n) is 6.32. The standard InChI is InChI=1S/C13H27NS2/c1-9-10(2)16-12(8-15-9)11(14)6-7-13(3,4)5/h9-12H,6-8,14H2,1-5H3. The Morgan fingerprint density at radius 1 is 1.25 bits per heavy atom. The van der Waals surface area contributed by atoms with E-state index in [1.54, 1.807) is 0 Å². The topological polar surface area (TPSA) is 26.0 Å². The molecule has 96 valence electrons. The molecule has 1 rings (SSSR count). The van der Waals surface area contributed by atoms with E-state index in [1.165, 1.54) is 18.6 Å². The highest BCUT2D eigenvalue weighted by atomic mass is 32.2. The Kier molecular flexibility index (Phi) is 5.53. The van der Waals surface area contributed by atoms with Gasteiger partial charge >= 0.3 is 0 Å². The molecule has 4 unspecified atom stereocenters. The van der Waals surface area contributed by atoms with Gasteiger partial charge in [0.1, 0.15) is 0 Å². The normalized spacial score (nSPS) is 33.8. The number of nitrogens with two attached hydrogens (primary N) is 1. The van der Waals surface area contributed by atoms with Crippen LogP contribution in [0.25, 0.3) is 0 Å². The van der Waals surface area contributed by atoms with E-state index in [4.69, 9.17) is 5.73 Å². The van der Waals surface area contributed by atoms with Crippen LogP contribution in [0.3, 0.4) is 0 Å². The molecule has 0 aliphatic carbocycles. The summed E-state index contributed by atoms with van der Waals surface area (Å²) in [7, 11) is 0. The zero-order valence-electron chi connectivity index (χ0n) is 11.3. The van der Waals surface area contributed by atoms with Crippen molar-refractivity contribution in [1.82, 2.24) is 0 Å². The number of thioether (sulfide) groups is 2. The molecule has 0 spiro atoms. The lowest BCUT2D eigenvalue weighted by Crippen LogP contribution is -2.40. The monoisotopic (exact) mass is 261 g/mol. The van der Waals surface area contributed by atoms with Crippen LogP contribution in [0.4, 0.5) is 0 Å². The van der Waals surface area contributed by atoms with Gasteiger partial charge in [0, 0.05) is 27.5 Å². The molecular formula is C13H27NS2. The summed E-state index contributed by atoms with van der Waals surface area (Å²) >= 11 is 4.20. The van der Waals surface area contributed by atoms with Crippen LogP contribution in [-0.2, 0) is 0 Å². The molecule has 1 nitrogen and oxygen atoms in total. The first-order valence-corrected chi connectivity index (χ1v) is 8.31. The second kappa shape index (κ2) is 6.01. The van der Waals surface area contributed by atoms with Crippen LogP contribution in [0.1, 0.15) is 47.5 Å². The van der Waals surface area contributed by atoms with Gasteiger partial charge in [0.05, 0.1) is 0 Å². The third-order valence-electron chi connectivity index (χ3n) is 3.28. The van der Waals surface area contributed by atoms with Gasteiger partial charge in [-0.1, -0.05) is 34.6 Å². The van der Waals surface area contributed by atoms with Crippen LogP contribution >= 0.6 is 23.5 Å². The van der Waals surface area contributed by atoms with Crippen molar-refractivity contribution in [2.45, 2.75) is 69.3 Å². The maximum Gasteiger partial charge on any atom is 0.0292 e. The first-order chi connectivity index (χ1) is 7.29. The van der Waals surface area contributed by atoms with Gasteiger partial charge in [0.2, 0.25) is 0 Å². The summed E-state index contributed by atoms with van der Waals surface area (Å²) in [5, 5.41) is 2.21. The number of rotatable bonds is 3. The van der Waals surface area contributed by atoms with E-state index in [2.05, 4.69) is 58.1 Å². The van der Waals surface area contributed by atoms with Gasteiger partial charge in [-0.3, -0.25) is 0 Å². The van der Waals surface area contributed by atoms with Gasteiger partial charge in [0.25, 0.3) is 0 Å². The largest absolute Gasteiger partial charge is 0.327 e. The van der Waals surface area contributed by atoms with Gasteiger partial charge in [-0.15, -0.1) is 0 Å². The van der Waals surface area contributed by atoms with Crippen LogP contribution in [0.5, 0.6) is 0 Å². The third kappa shape index (κ3) is 4.89. The molecule has 0 aromatic heterocycles. The molecule has 16 heavy (non-hydrogen) atoms. The molecule has 1 aliphatic heterocycles. The first kappa shape index (κ1) is 14.7. The smallest absolute Gasteiger partial charge is 0.0292 e. The van der Waals surface area contributed by atoms with E-state index >= 15 is 0 Å². The summed E-state index contributed by atoms with van der Waals surface area (Å²) in [6.07, 6.45) is 2.41. The lowest BCUT2D eigenvalue weighted by Gasteiger charge is -2.35. The molecule has 4 atom stereocenters. The molecule has 1 saturated heterocycles. The van der Waals surface area contributed by atoms with Crippen molar-refractivity contribution >= 4 is 23.5 Å². The predicted octanol–water partition coefficient (Wildman–Crippen LogP) is 3.77. The molecule has 0 saturated carbocycles. The minimum atomic E-state index is 0.381. The van der Waals surface area contributed by atoms with E-state index in [0.717, 1.165) is 10.5 Å². The highest BCUT2D eigenvalue weighted by molar-refractivity contribution is 8.07. The molecule has 0 bridgehead atoms. The van der Waals surface area contributed by atoms with E-state index < -0.39 is 0 Å². The zero-order valence-corrected chi connectivity index (χ0v) is 13.0. The Hall–Kier alpha value is 0.660. The van der Waals surface area contributed by atoms with Crippen LogP contribution < -0.4 is 5.73 Å². The van der Waals surface area contributed by atoms with E-state index in [-0.39, 0.29) is 0 Å². The SMILES string of the molecule is CC1SCC(C(N)CCC(C)(C)C)SC1C. The summed E-state index contributed by atoms with van der Waals surface area (Å²) in [4.78, 5) is 0. The van der Waals surface area contributed by atoms with Crippen molar-refractivity contribution in [2.24, 2.45) is 11.1 Å². The maximum absolute atomic E-state index is 6.33. The van der Waals surface area contributed by atoms with Crippen molar-refractivity contribution in [1.29, 1.82) is 0 Å². The molecule has 0 aromatic carbocycles. The van der Waals surface area contributed by atoms with E-state index in [0.29, 0.717) is 16.7 Å². The summed E-state index contributed by atoms with van der Waals surface area (Å²) in [5.41, 5.74) is 6.75. The molecule has 1 fully saturated rings. The van der Waals surface area contributed by atoms with Crippen molar-refractivity contribution in [3.8, 4) is 0 Å². The second-order valence-electron chi connectivity index (χ2n) is 6.18. The van der Waals surface area contributed by atoms with E-state index in [1.807, 2.05) is 0 Å². The van der Waals surface area contributed by atoms with Crippen molar-refractivity contribution in [3.05, 3.63) is 0 Å². The highest BCUT2D eigenvalue weighted by Crippen LogP contribution is 2.37. The number of hydrogen-bond acceptors (Lipinski definition) is 3. The van der Waals surface area contributed by atoms with Crippen molar-refractivity contribution in [3.63, 3.8) is 0 Å². The molecule has 0 amide bonds. The molecule has 2 N–H and O–H groups in total.